The van der Waals surface area contributed by atoms with Crippen molar-refractivity contribution in [3.8, 4) is 0 Å². The highest BCUT2D eigenvalue weighted by molar-refractivity contribution is 5.99. The van der Waals surface area contributed by atoms with Crippen molar-refractivity contribution in [1.82, 2.24) is 0 Å². The molecule has 1 aliphatic carbocycles. The van der Waals surface area contributed by atoms with Gasteiger partial charge in [0.05, 0.1) is 0 Å². The molecule has 0 bridgehead atoms. The van der Waals surface area contributed by atoms with Gasteiger partial charge in [-0.15, -0.1) is 0 Å². The van der Waals surface area contributed by atoms with Crippen LogP contribution in [0.25, 0.3) is 0 Å². The fraction of sp³-hybridized carbons (Fsp3) is 0.833. The van der Waals surface area contributed by atoms with Crippen molar-refractivity contribution in [1.29, 1.82) is 0 Å². The SMILES string of the molecule is CC1(C)CCCC(C(=O)O)(C(=O)O)C1(C)C. The number of carbonyl (C=O) groups is 2. The van der Waals surface area contributed by atoms with Crippen molar-refractivity contribution in [2.24, 2.45) is 16.2 Å². The van der Waals surface area contributed by atoms with Crippen molar-refractivity contribution in [2.75, 3.05) is 0 Å². The number of hydrogen-bond acceptors (Lipinski definition) is 2. The zero-order valence-corrected chi connectivity index (χ0v) is 10.3. The van der Waals surface area contributed by atoms with Crippen molar-refractivity contribution in [3.05, 3.63) is 0 Å². The summed E-state index contributed by atoms with van der Waals surface area (Å²) < 4.78 is 0. The molecule has 1 rings (SSSR count). The molecule has 4 nitrogen and oxygen atoms in total. The third-order valence-electron chi connectivity index (χ3n) is 4.84. The van der Waals surface area contributed by atoms with Gasteiger partial charge in [0.25, 0.3) is 0 Å². The first-order valence-electron chi connectivity index (χ1n) is 5.56. The van der Waals surface area contributed by atoms with Gasteiger partial charge in [0, 0.05) is 0 Å². The van der Waals surface area contributed by atoms with E-state index in [2.05, 4.69) is 0 Å². The van der Waals surface area contributed by atoms with Crippen LogP contribution >= 0.6 is 0 Å². The van der Waals surface area contributed by atoms with E-state index in [4.69, 9.17) is 0 Å². The van der Waals surface area contributed by atoms with E-state index in [9.17, 15) is 19.8 Å². The lowest BCUT2D eigenvalue weighted by atomic mass is 9.47. The van der Waals surface area contributed by atoms with E-state index in [1.165, 1.54) is 0 Å². The summed E-state index contributed by atoms with van der Waals surface area (Å²) in [6, 6.07) is 0. The van der Waals surface area contributed by atoms with E-state index in [-0.39, 0.29) is 11.8 Å². The molecule has 2 N–H and O–H groups in total. The van der Waals surface area contributed by atoms with Crippen LogP contribution in [-0.2, 0) is 9.59 Å². The summed E-state index contributed by atoms with van der Waals surface area (Å²) in [7, 11) is 0. The summed E-state index contributed by atoms with van der Waals surface area (Å²) in [5, 5.41) is 18.7. The van der Waals surface area contributed by atoms with Crippen LogP contribution in [0.5, 0.6) is 0 Å². The molecule has 1 fully saturated rings. The highest BCUT2D eigenvalue weighted by Gasteiger charge is 2.64. The molecule has 0 unspecified atom stereocenters. The molecule has 0 heterocycles. The molecule has 0 aromatic heterocycles. The molecule has 0 spiro atoms. The number of hydrogen-bond donors (Lipinski definition) is 2. The van der Waals surface area contributed by atoms with Crippen LogP contribution in [-0.4, -0.2) is 22.2 Å². The predicted octanol–water partition coefficient (Wildman–Crippen LogP) is 2.38. The monoisotopic (exact) mass is 228 g/mol. The summed E-state index contributed by atoms with van der Waals surface area (Å²) in [4.78, 5) is 22.9. The molecule has 1 saturated carbocycles. The van der Waals surface area contributed by atoms with Crippen LogP contribution in [0.15, 0.2) is 0 Å². The van der Waals surface area contributed by atoms with Crippen LogP contribution in [0.2, 0.25) is 0 Å². The molecule has 92 valence electrons. The molecule has 0 amide bonds. The maximum absolute atomic E-state index is 11.4. The van der Waals surface area contributed by atoms with E-state index in [0.29, 0.717) is 6.42 Å². The largest absolute Gasteiger partial charge is 0.480 e. The average Bonchev–Trinajstić information content (AvgIpc) is 2.08. The van der Waals surface area contributed by atoms with Gasteiger partial charge in [0.15, 0.2) is 5.41 Å². The van der Waals surface area contributed by atoms with Gasteiger partial charge >= 0.3 is 11.9 Å². The van der Waals surface area contributed by atoms with E-state index in [1.54, 1.807) is 13.8 Å². The highest BCUT2D eigenvalue weighted by atomic mass is 16.4. The van der Waals surface area contributed by atoms with Gasteiger partial charge in [0.1, 0.15) is 0 Å². The van der Waals surface area contributed by atoms with Gasteiger partial charge in [-0.25, -0.2) is 0 Å². The lowest BCUT2D eigenvalue weighted by Gasteiger charge is -2.54. The zero-order valence-electron chi connectivity index (χ0n) is 10.3. The Kier molecular flexibility index (Phi) is 2.82. The maximum Gasteiger partial charge on any atom is 0.321 e. The normalized spacial score (nSPS) is 26.0. The lowest BCUT2D eigenvalue weighted by molar-refractivity contribution is -0.189. The van der Waals surface area contributed by atoms with E-state index >= 15 is 0 Å². The smallest absolute Gasteiger partial charge is 0.321 e. The highest BCUT2D eigenvalue weighted by Crippen LogP contribution is 2.59. The molecule has 0 aromatic rings. The quantitative estimate of drug-likeness (QED) is 0.711. The summed E-state index contributed by atoms with van der Waals surface area (Å²) in [5.41, 5.74) is -2.72. The van der Waals surface area contributed by atoms with E-state index in [1.807, 2.05) is 13.8 Å². The number of aliphatic carboxylic acids is 2. The van der Waals surface area contributed by atoms with Crippen LogP contribution in [0.4, 0.5) is 0 Å². The third-order valence-corrected chi connectivity index (χ3v) is 4.84. The summed E-state index contributed by atoms with van der Waals surface area (Å²) in [5.74, 6) is -2.42. The van der Waals surface area contributed by atoms with Crippen molar-refractivity contribution in [2.45, 2.75) is 47.0 Å². The molecule has 4 heteroatoms. The zero-order chi connectivity index (χ0) is 12.8. The minimum Gasteiger partial charge on any atom is -0.480 e. The van der Waals surface area contributed by atoms with Crippen molar-refractivity contribution >= 4 is 11.9 Å². The van der Waals surface area contributed by atoms with Crippen LogP contribution in [0.1, 0.15) is 47.0 Å². The van der Waals surface area contributed by atoms with E-state index in [0.717, 1.165) is 6.42 Å². The van der Waals surface area contributed by atoms with Crippen LogP contribution in [0, 0.1) is 16.2 Å². The second-order valence-corrected chi connectivity index (χ2v) is 5.88. The molecule has 0 aliphatic heterocycles. The average molecular weight is 228 g/mol. The summed E-state index contributed by atoms with van der Waals surface area (Å²) in [6.45, 7) is 7.42. The molecule has 0 radical (unpaired) electrons. The van der Waals surface area contributed by atoms with E-state index < -0.39 is 22.8 Å². The summed E-state index contributed by atoms with van der Waals surface area (Å²) in [6.07, 6.45) is 1.73. The predicted molar refractivity (Wildman–Crippen MR) is 59.1 cm³/mol. The molecular weight excluding hydrogens is 208 g/mol. The first-order valence-corrected chi connectivity index (χ1v) is 5.56. The van der Waals surface area contributed by atoms with Crippen LogP contribution in [0.3, 0.4) is 0 Å². The first-order chi connectivity index (χ1) is 7.09. The maximum atomic E-state index is 11.4. The summed E-state index contributed by atoms with van der Waals surface area (Å²) >= 11 is 0. The third kappa shape index (κ3) is 1.35. The lowest BCUT2D eigenvalue weighted by Crippen LogP contribution is -2.59. The number of rotatable bonds is 2. The fourth-order valence-corrected chi connectivity index (χ4v) is 2.84. The minimum atomic E-state index is -1.66. The van der Waals surface area contributed by atoms with Gasteiger partial charge in [-0.05, 0) is 23.7 Å². The van der Waals surface area contributed by atoms with Gasteiger partial charge in [-0.2, -0.15) is 0 Å². The topological polar surface area (TPSA) is 74.6 Å². The first kappa shape index (κ1) is 13.0. The van der Waals surface area contributed by atoms with Gasteiger partial charge < -0.3 is 10.2 Å². The Morgan fingerprint density at radius 1 is 0.938 bits per heavy atom. The molecule has 0 saturated heterocycles. The number of carboxylic acids is 2. The second-order valence-electron chi connectivity index (χ2n) is 5.88. The Morgan fingerprint density at radius 3 is 1.69 bits per heavy atom. The minimum absolute atomic E-state index is 0.216. The second kappa shape index (κ2) is 3.47. The van der Waals surface area contributed by atoms with Gasteiger partial charge in [-0.3, -0.25) is 9.59 Å². The molecule has 0 aromatic carbocycles. The Bertz CT molecular complexity index is 314. The van der Waals surface area contributed by atoms with Crippen LogP contribution < -0.4 is 0 Å². The molecule has 0 atom stereocenters. The standard InChI is InChI=1S/C12H20O4/c1-10(2)6-5-7-12(8(13)14,9(15)16)11(10,3)4/h5-7H2,1-4H3,(H,13,14)(H,15,16). The Labute approximate surface area is 95.7 Å². The Hall–Kier alpha value is -1.06. The van der Waals surface area contributed by atoms with Crippen molar-refractivity contribution in [3.63, 3.8) is 0 Å². The van der Waals surface area contributed by atoms with Crippen molar-refractivity contribution < 1.29 is 19.8 Å². The Balaban J connectivity index is 3.39. The molecular formula is C12H20O4. The fourth-order valence-electron chi connectivity index (χ4n) is 2.84. The number of carboxylic acid groups (broad SMARTS) is 2. The molecule has 1 aliphatic rings. The van der Waals surface area contributed by atoms with Gasteiger partial charge in [-0.1, -0.05) is 34.1 Å². The molecule has 16 heavy (non-hydrogen) atoms. The Morgan fingerprint density at radius 2 is 1.38 bits per heavy atom. The van der Waals surface area contributed by atoms with Gasteiger partial charge in [0.2, 0.25) is 0 Å².